The molecule has 2 fully saturated rings. The van der Waals surface area contributed by atoms with Gasteiger partial charge in [0.1, 0.15) is 12.7 Å². The van der Waals surface area contributed by atoms with Crippen LogP contribution in [0.1, 0.15) is 18.9 Å². The van der Waals surface area contributed by atoms with Crippen LogP contribution in [0.25, 0.3) is 0 Å². The highest BCUT2D eigenvalue weighted by Crippen LogP contribution is 2.42. The van der Waals surface area contributed by atoms with E-state index in [1.165, 1.54) is 0 Å². The number of epoxide rings is 1. The van der Waals surface area contributed by atoms with Gasteiger partial charge in [-0.2, -0.15) is 0 Å². The maximum absolute atomic E-state index is 11.9. The average molecular weight is 247 g/mol. The van der Waals surface area contributed by atoms with Gasteiger partial charge < -0.3 is 14.4 Å². The van der Waals surface area contributed by atoms with Crippen molar-refractivity contribution in [3.05, 3.63) is 35.9 Å². The van der Waals surface area contributed by atoms with Crippen LogP contribution in [0.3, 0.4) is 0 Å². The normalized spacial score (nSPS) is 29.6. The largest absolute Gasteiger partial charge is 0.445 e. The SMILES string of the molecule is C[C@]12CCN(C(=O)OCc3ccccc3)C[C@@H]1O2. The molecule has 2 saturated heterocycles. The number of hydrogen-bond acceptors (Lipinski definition) is 3. The summed E-state index contributed by atoms with van der Waals surface area (Å²) < 4.78 is 10.9. The molecule has 0 aliphatic carbocycles. The maximum Gasteiger partial charge on any atom is 0.410 e. The fourth-order valence-corrected chi connectivity index (χ4v) is 2.37. The van der Waals surface area contributed by atoms with E-state index in [1.54, 1.807) is 4.90 Å². The summed E-state index contributed by atoms with van der Waals surface area (Å²) in [7, 11) is 0. The van der Waals surface area contributed by atoms with Crippen molar-refractivity contribution in [1.82, 2.24) is 4.90 Å². The summed E-state index contributed by atoms with van der Waals surface area (Å²) in [6, 6.07) is 9.72. The molecule has 2 aliphatic rings. The second-order valence-electron chi connectivity index (χ2n) is 5.16. The number of hydrogen-bond donors (Lipinski definition) is 0. The second kappa shape index (κ2) is 4.28. The fourth-order valence-electron chi connectivity index (χ4n) is 2.37. The molecule has 0 N–H and O–H groups in total. The Bertz CT molecular complexity index is 448. The predicted molar refractivity (Wildman–Crippen MR) is 66.1 cm³/mol. The second-order valence-corrected chi connectivity index (χ2v) is 5.16. The number of nitrogens with zero attached hydrogens (tertiary/aromatic N) is 1. The summed E-state index contributed by atoms with van der Waals surface area (Å²) >= 11 is 0. The van der Waals surface area contributed by atoms with Crippen molar-refractivity contribution in [2.45, 2.75) is 31.7 Å². The third kappa shape index (κ3) is 2.20. The fraction of sp³-hybridized carbons (Fsp3) is 0.500. The Hall–Kier alpha value is -1.55. The van der Waals surface area contributed by atoms with Gasteiger partial charge in [-0.05, 0) is 18.9 Å². The van der Waals surface area contributed by atoms with Crippen molar-refractivity contribution >= 4 is 6.09 Å². The Morgan fingerprint density at radius 1 is 1.50 bits per heavy atom. The quantitative estimate of drug-likeness (QED) is 0.752. The summed E-state index contributed by atoms with van der Waals surface area (Å²) in [5, 5.41) is 0. The lowest BCUT2D eigenvalue weighted by molar-refractivity contribution is 0.0902. The third-order valence-electron chi connectivity index (χ3n) is 3.76. The molecule has 96 valence electrons. The maximum atomic E-state index is 11.9. The lowest BCUT2D eigenvalue weighted by Crippen LogP contribution is -2.42. The number of fused-ring (bicyclic) bond motifs is 1. The summed E-state index contributed by atoms with van der Waals surface area (Å²) in [6.07, 6.45) is 0.866. The summed E-state index contributed by atoms with van der Waals surface area (Å²) in [4.78, 5) is 13.6. The van der Waals surface area contributed by atoms with Gasteiger partial charge in [-0.3, -0.25) is 0 Å². The van der Waals surface area contributed by atoms with E-state index in [0.717, 1.165) is 18.5 Å². The smallest absolute Gasteiger partial charge is 0.410 e. The van der Waals surface area contributed by atoms with Crippen LogP contribution in [0.2, 0.25) is 0 Å². The number of likely N-dealkylation sites (tertiary alicyclic amines) is 1. The van der Waals surface area contributed by atoms with Crippen LogP contribution in [0.4, 0.5) is 4.79 Å². The van der Waals surface area contributed by atoms with Crippen LogP contribution in [-0.2, 0) is 16.1 Å². The minimum atomic E-state index is -0.239. The first-order valence-corrected chi connectivity index (χ1v) is 6.31. The van der Waals surface area contributed by atoms with Crippen LogP contribution < -0.4 is 0 Å². The number of carbonyl (C=O) groups is 1. The molecule has 0 unspecified atom stereocenters. The van der Waals surface area contributed by atoms with Gasteiger partial charge in [0.25, 0.3) is 0 Å². The average Bonchev–Trinajstić information content (AvgIpc) is 3.07. The zero-order chi connectivity index (χ0) is 12.6. The van der Waals surface area contributed by atoms with Crippen LogP contribution >= 0.6 is 0 Å². The first-order valence-electron chi connectivity index (χ1n) is 6.31. The molecule has 0 radical (unpaired) electrons. The van der Waals surface area contributed by atoms with Crippen molar-refractivity contribution in [2.24, 2.45) is 0 Å². The first kappa shape index (κ1) is 11.5. The highest BCUT2D eigenvalue weighted by Gasteiger charge is 2.55. The highest BCUT2D eigenvalue weighted by atomic mass is 16.6. The molecule has 0 spiro atoms. The monoisotopic (exact) mass is 247 g/mol. The van der Waals surface area contributed by atoms with Crippen molar-refractivity contribution < 1.29 is 14.3 Å². The molecule has 0 bridgehead atoms. The van der Waals surface area contributed by atoms with Crippen LogP contribution in [0, 0.1) is 0 Å². The van der Waals surface area contributed by atoms with Crippen LogP contribution in [0.15, 0.2) is 30.3 Å². The van der Waals surface area contributed by atoms with E-state index in [0.29, 0.717) is 13.2 Å². The van der Waals surface area contributed by atoms with Crippen molar-refractivity contribution in [2.75, 3.05) is 13.1 Å². The molecule has 1 aromatic carbocycles. The van der Waals surface area contributed by atoms with Gasteiger partial charge in [-0.1, -0.05) is 30.3 Å². The van der Waals surface area contributed by atoms with E-state index < -0.39 is 0 Å². The molecule has 3 rings (SSSR count). The lowest BCUT2D eigenvalue weighted by atomic mass is 9.99. The molecule has 4 heteroatoms. The number of benzene rings is 1. The van der Waals surface area contributed by atoms with Gasteiger partial charge in [0.05, 0.1) is 12.1 Å². The highest BCUT2D eigenvalue weighted by molar-refractivity contribution is 5.68. The number of ether oxygens (including phenoxy) is 2. The summed E-state index contributed by atoms with van der Waals surface area (Å²) in [5.41, 5.74) is 1.03. The standard InChI is InChI=1S/C14H17NO3/c1-14-7-8-15(9-12(14)18-14)13(16)17-10-11-5-3-2-4-6-11/h2-6,12H,7-10H2,1H3/t12-,14-/m0/s1. The van der Waals surface area contributed by atoms with E-state index in [4.69, 9.17) is 9.47 Å². The van der Waals surface area contributed by atoms with Gasteiger partial charge in [-0.15, -0.1) is 0 Å². The predicted octanol–water partition coefficient (Wildman–Crippen LogP) is 2.19. The molecular formula is C14H17NO3. The zero-order valence-electron chi connectivity index (χ0n) is 10.5. The van der Waals surface area contributed by atoms with Gasteiger partial charge in [-0.25, -0.2) is 4.79 Å². The van der Waals surface area contributed by atoms with Crippen molar-refractivity contribution in [3.8, 4) is 0 Å². The van der Waals surface area contributed by atoms with E-state index in [-0.39, 0.29) is 17.8 Å². The molecule has 0 saturated carbocycles. The molecule has 2 atom stereocenters. The molecule has 0 aromatic heterocycles. The van der Waals surface area contributed by atoms with E-state index in [1.807, 2.05) is 30.3 Å². The summed E-state index contributed by atoms with van der Waals surface area (Å²) in [5.74, 6) is 0. The van der Waals surface area contributed by atoms with E-state index in [2.05, 4.69) is 6.92 Å². The third-order valence-corrected chi connectivity index (χ3v) is 3.76. The Morgan fingerprint density at radius 2 is 2.28 bits per heavy atom. The van der Waals surface area contributed by atoms with Crippen LogP contribution in [0.5, 0.6) is 0 Å². The molecule has 2 aliphatic heterocycles. The number of piperidine rings is 1. The number of carbonyl (C=O) groups excluding carboxylic acids is 1. The van der Waals surface area contributed by atoms with Gasteiger partial charge >= 0.3 is 6.09 Å². The van der Waals surface area contributed by atoms with E-state index >= 15 is 0 Å². The minimum absolute atomic E-state index is 0.0240. The van der Waals surface area contributed by atoms with E-state index in [9.17, 15) is 4.79 Å². The van der Waals surface area contributed by atoms with Crippen LogP contribution in [-0.4, -0.2) is 35.8 Å². The molecule has 18 heavy (non-hydrogen) atoms. The molecule has 1 aromatic rings. The lowest BCUT2D eigenvalue weighted by Gasteiger charge is -2.26. The Balaban J connectivity index is 1.50. The Kier molecular flexibility index (Phi) is 2.74. The molecular weight excluding hydrogens is 230 g/mol. The van der Waals surface area contributed by atoms with Gasteiger partial charge in [0.15, 0.2) is 0 Å². The summed E-state index contributed by atoms with van der Waals surface area (Å²) in [6.45, 7) is 3.81. The van der Waals surface area contributed by atoms with Gasteiger partial charge in [0.2, 0.25) is 0 Å². The number of amides is 1. The molecule has 2 heterocycles. The number of rotatable bonds is 2. The molecule has 1 amide bonds. The Labute approximate surface area is 106 Å². The topological polar surface area (TPSA) is 42.1 Å². The molecule has 4 nitrogen and oxygen atoms in total. The van der Waals surface area contributed by atoms with Gasteiger partial charge in [0, 0.05) is 6.54 Å². The zero-order valence-corrected chi connectivity index (χ0v) is 10.5. The Morgan fingerprint density at radius 3 is 3.00 bits per heavy atom. The van der Waals surface area contributed by atoms with Crippen molar-refractivity contribution in [1.29, 1.82) is 0 Å². The minimum Gasteiger partial charge on any atom is -0.445 e. The van der Waals surface area contributed by atoms with Crippen molar-refractivity contribution in [3.63, 3.8) is 0 Å². The first-order chi connectivity index (χ1) is 8.67.